The van der Waals surface area contributed by atoms with Gasteiger partial charge in [0, 0.05) is 43.8 Å². The third-order valence-electron chi connectivity index (χ3n) is 5.33. The molecule has 0 bridgehead atoms. The molecule has 1 aromatic rings. The summed E-state index contributed by atoms with van der Waals surface area (Å²) in [6.07, 6.45) is 8.17. The van der Waals surface area contributed by atoms with Gasteiger partial charge >= 0.3 is 6.03 Å². The molecule has 1 aromatic carbocycles. The average molecular weight is 350 g/mol. The predicted molar refractivity (Wildman–Crippen MR) is 98.3 cm³/mol. The van der Waals surface area contributed by atoms with Crippen molar-refractivity contribution >= 4 is 17.6 Å². The number of hydrogen-bond acceptors (Lipinski definition) is 2. The molecule has 0 spiro atoms. The van der Waals surface area contributed by atoms with Gasteiger partial charge in [-0.1, -0.05) is 55.5 Å². The third-order valence-corrected chi connectivity index (χ3v) is 5.70. The van der Waals surface area contributed by atoms with Gasteiger partial charge in [-0.15, -0.1) is 0 Å². The van der Waals surface area contributed by atoms with Gasteiger partial charge in [0.1, 0.15) is 0 Å². The summed E-state index contributed by atoms with van der Waals surface area (Å²) in [7, 11) is 0. The minimum Gasteiger partial charge on any atom is -0.334 e. The molecule has 1 N–H and O–H groups in total. The average Bonchev–Trinajstić information content (AvgIpc) is 2.90. The molecule has 0 atom stereocenters. The van der Waals surface area contributed by atoms with Crippen molar-refractivity contribution in [2.45, 2.75) is 51.1 Å². The molecule has 1 aliphatic carbocycles. The molecule has 2 amide bonds. The molecule has 3 rings (SSSR count). The standard InChI is InChI=1S/C19H28ClN3O/c20-18-10-6-5-7-16(18)15-21-19(24)23-13-11-22(12-14-23)17-8-3-1-2-4-9-17/h5-7,10,17H,1-4,8-9,11-15H2,(H,21,24). The number of nitrogens with zero attached hydrogens (tertiary/aromatic N) is 2. The van der Waals surface area contributed by atoms with Crippen LogP contribution in [0.4, 0.5) is 4.79 Å². The summed E-state index contributed by atoms with van der Waals surface area (Å²) < 4.78 is 0. The van der Waals surface area contributed by atoms with Crippen LogP contribution in [0, 0.1) is 0 Å². The predicted octanol–water partition coefficient (Wildman–Crippen LogP) is 3.89. The summed E-state index contributed by atoms with van der Waals surface area (Å²) in [5, 5.41) is 3.70. The number of benzene rings is 1. The van der Waals surface area contributed by atoms with E-state index in [1.807, 2.05) is 29.2 Å². The minimum absolute atomic E-state index is 0.0236. The molecular formula is C19H28ClN3O. The lowest BCUT2D eigenvalue weighted by Gasteiger charge is -2.39. The number of halogens is 1. The van der Waals surface area contributed by atoms with Crippen molar-refractivity contribution in [3.05, 3.63) is 34.9 Å². The van der Waals surface area contributed by atoms with Crippen LogP contribution in [0.25, 0.3) is 0 Å². The van der Waals surface area contributed by atoms with Gasteiger partial charge in [0.05, 0.1) is 0 Å². The summed E-state index contributed by atoms with van der Waals surface area (Å²) in [4.78, 5) is 16.9. The summed E-state index contributed by atoms with van der Waals surface area (Å²) in [6, 6.07) is 8.41. The van der Waals surface area contributed by atoms with Crippen LogP contribution < -0.4 is 5.32 Å². The van der Waals surface area contributed by atoms with E-state index in [0.717, 1.165) is 37.8 Å². The lowest BCUT2D eigenvalue weighted by atomic mass is 10.1. The fraction of sp³-hybridized carbons (Fsp3) is 0.632. The molecule has 1 heterocycles. The molecule has 0 radical (unpaired) electrons. The highest BCUT2D eigenvalue weighted by Crippen LogP contribution is 2.23. The van der Waals surface area contributed by atoms with Crippen molar-refractivity contribution in [1.82, 2.24) is 15.1 Å². The summed E-state index contributed by atoms with van der Waals surface area (Å²) >= 11 is 6.14. The Bertz CT molecular complexity index is 535. The molecule has 2 fully saturated rings. The molecule has 0 aromatic heterocycles. The Morgan fingerprint density at radius 2 is 1.71 bits per heavy atom. The maximum atomic E-state index is 12.4. The summed E-state index contributed by atoms with van der Waals surface area (Å²) in [5.41, 5.74) is 0.963. The van der Waals surface area contributed by atoms with E-state index in [0.29, 0.717) is 11.6 Å². The maximum absolute atomic E-state index is 12.4. The second-order valence-corrected chi connectivity index (χ2v) is 7.33. The lowest BCUT2D eigenvalue weighted by molar-refractivity contribution is 0.101. The number of hydrogen-bond donors (Lipinski definition) is 1. The van der Waals surface area contributed by atoms with Crippen molar-refractivity contribution in [2.24, 2.45) is 0 Å². The summed E-state index contributed by atoms with van der Waals surface area (Å²) in [5.74, 6) is 0. The van der Waals surface area contributed by atoms with Crippen LogP contribution in [0.2, 0.25) is 5.02 Å². The van der Waals surface area contributed by atoms with E-state index in [4.69, 9.17) is 11.6 Å². The molecular weight excluding hydrogens is 322 g/mol. The Morgan fingerprint density at radius 1 is 1.04 bits per heavy atom. The fourth-order valence-corrected chi connectivity index (χ4v) is 4.04. The van der Waals surface area contributed by atoms with Gasteiger partial charge in [0.15, 0.2) is 0 Å². The first-order valence-corrected chi connectivity index (χ1v) is 9.62. The normalized spacial score (nSPS) is 20.6. The number of rotatable bonds is 3. The van der Waals surface area contributed by atoms with Crippen LogP contribution in [0.15, 0.2) is 24.3 Å². The molecule has 1 saturated carbocycles. The van der Waals surface area contributed by atoms with Crippen molar-refractivity contribution in [1.29, 1.82) is 0 Å². The molecule has 24 heavy (non-hydrogen) atoms. The molecule has 5 heteroatoms. The second-order valence-electron chi connectivity index (χ2n) is 6.92. The Morgan fingerprint density at radius 3 is 2.38 bits per heavy atom. The molecule has 1 aliphatic heterocycles. The quantitative estimate of drug-likeness (QED) is 0.840. The zero-order valence-corrected chi connectivity index (χ0v) is 15.1. The molecule has 132 valence electrons. The first kappa shape index (κ1) is 17.6. The monoisotopic (exact) mass is 349 g/mol. The third kappa shape index (κ3) is 4.64. The van der Waals surface area contributed by atoms with E-state index in [-0.39, 0.29) is 6.03 Å². The highest BCUT2D eigenvalue weighted by molar-refractivity contribution is 6.31. The minimum atomic E-state index is 0.0236. The van der Waals surface area contributed by atoms with Crippen LogP contribution in [-0.4, -0.2) is 48.1 Å². The van der Waals surface area contributed by atoms with Crippen molar-refractivity contribution in [3.8, 4) is 0 Å². The number of piperazine rings is 1. The van der Waals surface area contributed by atoms with Crippen molar-refractivity contribution in [2.75, 3.05) is 26.2 Å². The smallest absolute Gasteiger partial charge is 0.317 e. The lowest BCUT2D eigenvalue weighted by Crippen LogP contribution is -2.54. The Kier molecular flexibility index (Phi) is 6.38. The fourth-order valence-electron chi connectivity index (χ4n) is 3.84. The van der Waals surface area contributed by atoms with Crippen LogP contribution in [0.5, 0.6) is 0 Å². The van der Waals surface area contributed by atoms with Crippen molar-refractivity contribution in [3.63, 3.8) is 0 Å². The van der Waals surface area contributed by atoms with Gasteiger partial charge in [-0.2, -0.15) is 0 Å². The van der Waals surface area contributed by atoms with E-state index in [9.17, 15) is 4.79 Å². The van der Waals surface area contributed by atoms with Crippen LogP contribution in [0.1, 0.15) is 44.1 Å². The first-order chi connectivity index (χ1) is 11.7. The largest absolute Gasteiger partial charge is 0.334 e. The Labute approximate surface area is 150 Å². The van der Waals surface area contributed by atoms with Gasteiger partial charge in [0.25, 0.3) is 0 Å². The number of nitrogens with one attached hydrogen (secondary N) is 1. The number of urea groups is 1. The number of carbonyl (C=O) groups excluding carboxylic acids is 1. The topological polar surface area (TPSA) is 35.6 Å². The van der Waals surface area contributed by atoms with Gasteiger partial charge in [0.2, 0.25) is 0 Å². The summed E-state index contributed by atoms with van der Waals surface area (Å²) in [6.45, 7) is 4.14. The van der Waals surface area contributed by atoms with Gasteiger partial charge in [-0.3, -0.25) is 4.90 Å². The highest BCUT2D eigenvalue weighted by atomic mass is 35.5. The van der Waals surface area contributed by atoms with E-state index < -0.39 is 0 Å². The molecule has 2 aliphatic rings. The Balaban J connectivity index is 1.44. The number of carbonyl (C=O) groups is 1. The maximum Gasteiger partial charge on any atom is 0.317 e. The van der Waals surface area contributed by atoms with Gasteiger partial charge < -0.3 is 10.2 Å². The first-order valence-electron chi connectivity index (χ1n) is 9.24. The van der Waals surface area contributed by atoms with Crippen LogP contribution >= 0.6 is 11.6 Å². The van der Waals surface area contributed by atoms with Crippen LogP contribution in [-0.2, 0) is 6.54 Å². The van der Waals surface area contributed by atoms with Gasteiger partial charge in [-0.25, -0.2) is 4.79 Å². The van der Waals surface area contributed by atoms with Crippen LogP contribution in [0.3, 0.4) is 0 Å². The van der Waals surface area contributed by atoms with E-state index in [2.05, 4.69) is 10.2 Å². The second kappa shape index (κ2) is 8.72. The molecule has 4 nitrogen and oxygen atoms in total. The number of amides is 2. The molecule has 0 unspecified atom stereocenters. The SMILES string of the molecule is O=C(NCc1ccccc1Cl)N1CCN(C2CCCCCC2)CC1. The highest BCUT2D eigenvalue weighted by Gasteiger charge is 2.26. The molecule has 1 saturated heterocycles. The zero-order chi connectivity index (χ0) is 16.8. The zero-order valence-electron chi connectivity index (χ0n) is 14.3. The van der Waals surface area contributed by atoms with Gasteiger partial charge in [-0.05, 0) is 24.5 Å². The van der Waals surface area contributed by atoms with E-state index in [1.165, 1.54) is 38.5 Å². The van der Waals surface area contributed by atoms with E-state index in [1.54, 1.807) is 0 Å². The van der Waals surface area contributed by atoms with Crippen molar-refractivity contribution < 1.29 is 4.79 Å². The Hall–Kier alpha value is -1.26. The van der Waals surface area contributed by atoms with E-state index >= 15 is 0 Å².